The van der Waals surface area contributed by atoms with Gasteiger partial charge in [-0.25, -0.2) is 8.93 Å². The van der Waals surface area contributed by atoms with Gasteiger partial charge in [-0.15, -0.1) is 0 Å². The Morgan fingerprint density at radius 1 is 0.882 bits per heavy atom. The molecule has 104 valence electrons. The fourth-order valence-electron chi connectivity index (χ4n) is 1.64. The van der Waals surface area contributed by atoms with Crippen LogP contribution in [0.4, 0.5) is 0 Å². The Bertz CT molecular complexity index is 199. The van der Waals surface area contributed by atoms with E-state index in [1.165, 1.54) is 44.9 Å². The fraction of sp³-hybridized carbons (Fsp3) is 1.00. The highest BCUT2D eigenvalue weighted by Gasteiger charge is 2.18. The van der Waals surface area contributed by atoms with Gasteiger partial charge in [0.05, 0.1) is 15.7 Å². The number of unbranched alkanes of at least 4 members (excludes halogenated alkanes) is 7. The van der Waals surface area contributed by atoms with E-state index >= 15 is 0 Å². The van der Waals surface area contributed by atoms with Crippen molar-refractivity contribution in [3.63, 3.8) is 0 Å². The average molecular weight is 261 g/mol. The molecule has 0 fully saturated rings. The van der Waals surface area contributed by atoms with Crippen LogP contribution in [0.15, 0.2) is 0 Å². The zero-order chi connectivity index (χ0) is 13.1. The van der Waals surface area contributed by atoms with Gasteiger partial charge in [-0.1, -0.05) is 51.9 Å². The van der Waals surface area contributed by atoms with E-state index in [1.807, 2.05) is 20.8 Å². The SMILES string of the molecule is CCCCCCCCCCNS(=O)C(C)(C)C. The number of rotatable bonds is 10. The van der Waals surface area contributed by atoms with Gasteiger partial charge in [0, 0.05) is 6.54 Å². The van der Waals surface area contributed by atoms with Gasteiger partial charge in [0.2, 0.25) is 0 Å². The van der Waals surface area contributed by atoms with Gasteiger partial charge >= 0.3 is 0 Å². The van der Waals surface area contributed by atoms with E-state index in [2.05, 4.69) is 11.6 Å². The lowest BCUT2D eigenvalue weighted by Gasteiger charge is -2.17. The van der Waals surface area contributed by atoms with Crippen LogP contribution in [0.2, 0.25) is 0 Å². The number of hydrogen-bond donors (Lipinski definition) is 1. The molecule has 0 spiro atoms. The minimum absolute atomic E-state index is 0.139. The van der Waals surface area contributed by atoms with Crippen LogP contribution in [0, 0.1) is 0 Å². The molecule has 1 atom stereocenters. The third-order valence-electron chi connectivity index (χ3n) is 2.82. The summed E-state index contributed by atoms with van der Waals surface area (Å²) in [5, 5.41) is 0. The molecule has 0 aromatic heterocycles. The number of hydrogen-bond acceptors (Lipinski definition) is 1. The normalized spacial score (nSPS) is 13.9. The maximum absolute atomic E-state index is 11.7. The Morgan fingerprint density at radius 2 is 1.35 bits per heavy atom. The van der Waals surface area contributed by atoms with Crippen molar-refractivity contribution in [2.45, 2.75) is 83.8 Å². The van der Waals surface area contributed by atoms with Crippen molar-refractivity contribution >= 4 is 11.0 Å². The lowest BCUT2D eigenvalue weighted by Crippen LogP contribution is -2.33. The molecule has 0 aromatic rings. The van der Waals surface area contributed by atoms with Crippen LogP contribution in [0.5, 0.6) is 0 Å². The van der Waals surface area contributed by atoms with Crippen molar-refractivity contribution in [3.05, 3.63) is 0 Å². The molecule has 0 bridgehead atoms. The quantitative estimate of drug-likeness (QED) is 0.587. The van der Waals surface area contributed by atoms with Crippen molar-refractivity contribution < 1.29 is 4.21 Å². The van der Waals surface area contributed by atoms with Crippen LogP contribution >= 0.6 is 0 Å². The van der Waals surface area contributed by atoms with Crippen LogP contribution in [0.3, 0.4) is 0 Å². The molecule has 17 heavy (non-hydrogen) atoms. The van der Waals surface area contributed by atoms with E-state index in [0.29, 0.717) is 0 Å². The third-order valence-corrected chi connectivity index (χ3v) is 4.40. The lowest BCUT2D eigenvalue weighted by molar-refractivity contribution is 0.570. The monoisotopic (exact) mass is 261 g/mol. The summed E-state index contributed by atoms with van der Waals surface area (Å²) in [5.41, 5.74) is 0. The Labute approximate surface area is 111 Å². The van der Waals surface area contributed by atoms with E-state index in [0.717, 1.165) is 13.0 Å². The molecule has 0 saturated heterocycles. The van der Waals surface area contributed by atoms with Crippen molar-refractivity contribution in [2.24, 2.45) is 0 Å². The third kappa shape index (κ3) is 11.0. The average Bonchev–Trinajstić information content (AvgIpc) is 2.25. The molecule has 2 nitrogen and oxygen atoms in total. The highest BCUT2D eigenvalue weighted by molar-refractivity contribution is 7.84. The summed E-state index contributed by atoms with van der Waals surface area (Å²) >= 11 is 0. The summed E-state index contributed by atoms with van der Waals surface area (Å²) in [5.74, 6) is 0. The second-order valence-electron chi connectivity index (χ2n) is 5.75. The highest BCUT2D eigenvalue weighted by Crippen LogP contribution is 2.10. The lowest BCUT2D eigenvalue weighted by atomic mass is 10.1. The van der Waals surface area contributed by atoms with E-state index in [1.54, 1.807) is 0 Å². The van der Waals surface area contributed by atoms with Crippen LogP contribution in [0.25, 0.3) is 0 Å². The molecule has 0 rings (SSSR count). The van der Waals surface area contributed by atoms with Crippen molar-refractivity contribution in [2.75, 3.05) is 6.54 Å². The zero-order valence-corrected chi connectivity index (χ0v) is 13.0. The van der Waals surface area contributed by atoms with E-state index in [4.69, 9.17) is 0 Å². The molecular formula is C14H31NOS. The maximum Gasteiger partial charge on any atom is 0.0970 e. The summed E-state index contributed by atoms with van der Waals surface area (Å²) < 4.78 is 14.6. The topological polar surface area (TPSA) is 29.1 Å². The first kappa shape index (κ1) is 17.1. The summed E-state index contributed by atoms with van der Waals surface area (Å²) in [6.07, 6.45) is 10.6. The van der Waals surface area contributed by atoms with Crippen molar-refractivity contribution in [1.29, 1.82) is 0 Å². The standard InChI is InChI=1S/C14H31NOS/c1-5-6-7-8-9-10-11-12-13-15-17(16)14(2,3)4/h15H,5-13H2,1-4H3. The molecule has 1 N–H and O–H groups in total. The van der Waals surface area contributed by atoms with Gasteiger partial charge in [0.15, 0.2) is 0 Å². The van der Waals surface area contributed by atoms with Crippen LogP contribution in [-0.4, -0.2) is 15.5 Å². The smallest absolute Gasteiger partial charge is 0.0970 e. The van der Waals surface area contributed by atoms with Gasteiger partial charge < -0.3 is 0 Å². The molecule has 0 aliphatic rings. The molecule has 0 amide bonds. The maximum atomic E-state index is 11.7. The zero-order valence-electron chi connectivity index (χ0n) is 12.2. The predicted molar refractivity (Wildman–Crippen MR) is 78.5 cm³/mol. The van der Waals surface area contributed by atoms with Crippen molar-refractivity contribution in [1.82, 2.24) is 4.72 Å². The highest BCUT2D eigenvalue weighted by atomic mass is 32.2. The second kappa shape index (κ2) is 10.1. The molecule has 0 aromatic carbocycles. The molecule has 3 heteroatoms. The van der Waals surface area contributed by atoms with Gasteiger partial charge in [-0.3, -0.25) is 0 Å². The van der Waals surface area contributed by atoms with E-state index < -0.39 is 11.0 Å². The van der Waals surface area contributed by atoms with Gasteiger partial charge in [-0.2, -0.15) is 0 Å². The van der Waals surface area contributed by atoms with E-state index in [-0.39, 0.29) is 4.75 Å². The fourth-order valence-corrected chi connectivity index (χ4v) is 2.40. The molecule has 1 unspecified atom stereocenters. The van der Waals surface area contributed by atoms with Crippen LogP contribution in [0.1, 0.15) is 79.1 Å². The van der Waals surface area contributed by atoms with Crippen LogP contribution in [-0.2, 0) is 11.0 Å². The Kier molecular flexibility index (Phi) is 10.1. The van der Waals surface area contributed by atoms with Crippen molar-refractivity contribution in [3.8, 4) is 0 Å². The summed E-state index contributed by atoms with van der Waals surface area (Å²) in [6.45, 7) is 9.15. The Hall–Kier alpha value is 0.110. The molecule has 0 radical (unpaired) electrons. The largest absolute Gasteiger partial charge is 0.242 e. The molecule has 0 aliphatic heterocycles. The predicted octanol–water partition coefficient (Wildman–Crippen LogP) is 4.18. The van der Waals surface area contributed by atoms with Crippen LogP contribution < -0.4 is 4.72 Å². The summed E-state index contributed by atoms with van der Waals surface area (Å²) in [6, 6.07) is 0. The van der Waals surface area contributed by atoms with E-state index in [9.17, 15) is 4.21 Å². The van der Waals surface area contributed by atoms with Gasteiger partial charge in [0.25, 0.3) is 0 Å². The van der Waals surface area contributed by atoms with Gasteiger partial charge in [-0.05, 0) is 27.2 Å². The number of nitrogens with one attached hydrogen (secondary N) is 1. The molecule has 0 aliphatic carbocycles. The molecule has 0 heterocycles. The van der Waals surface area contributed by atoms with Gasteiger partial charge in [0.1, 0.15) is 0 Å². The first-order chi connectivity index (χ1) is 7.98. The molecule has 0 saturated carbocycles. The molecular weight excluding hydrogens is 230 g/mol. The minimum atomic E-state index is -0.899. The Balaban J connectivity index is 3.22. The second-order valence-corrected chi connectivity index (χ2v) is 7.80. The summed E-state index contributed by atoms with van der Waals surface area (Å²) in [4.78, 5) is 0. The summed E-state index contributed by atoms with van der Waals surface area (Å²) in [7, 11) is -0.899. The minimum Gasteiger partial charge on any atom is -0.242 e. The first-order valence-corrected chi connectivity index (χ1v) is 8.29. The Morgan fingerprint density at radius 3 is 1.82 bits per heavy atom. The first-order valence-electron chi connectivity index (χ1n) is 7.14.